The van der Waals surface area contributed by atoms with Crippen LogP contribution in [0.3, 0.4) is 0 Å². The van der Waals surface area contributed by atoms with Crippen molar-refractivity contribution in [2.45, 2.75) is 52.3 Å². The van der Waals surface area contributed by atoms with Crippen LogP contribution < -0.4 is 4.68 Å². The largest absolute Gasteiger partial charge is 0.316 e. The molecule has 1 aliphatic heterocycles. The van der Waals surface area contributed by atoms with Crippen LogP contribution in [0.25, 0.3) is 5.69 Å². The van der Waals surface area contributed by atoms with Crippen molar-refractivity contribution < 1.29 is 8.79 Å². The number of aryl methyl sites for hydroxylation is 2. The number of hydrogen-bond donors (Lipinski definition) is 0. The second-order valence-corrected chi connectivity index (χ2v) is 6.54. The van der Waals surface area contributed by atoms with Crippen LogP contribution in [0, 0.1) is 13.8 Å². The highest BCUT2D eigenvalue weighted by molar-refractivity contribution is 5.55. The van der Waals surface area contributed by atoms with Crippen molar-refractivity contribution in [2.24, 2.45) is 7.05 Å². The molecule has 0 N–H and O–H groups in total. The van der Waals surface area contributed by atoms with E-state index in [1.54, 1.807) is 0 Å². The molecule has 0 radical (unpaired) electrons. The van der Waals surface area contributed by atoms with Gasteiger partial charge in [0.05, 0.1) is 11.1 Å². The Morgan fingerprint density at radius 3 is 2.55 bits per heavy atom. The molecule has 106 valence electrons. The van der Waals surface area contributed by atoms with Crippen LogP contribution in [-0.4, -0.2) is 9.67 Å². The minimum absolute atomic E-state index is 0.569. The van der Waals surface area contributed by atoms with Gasteiger partial charge in [0.1, 0.15) is 7.05 Å². The molecule has 0 amide bonds. The average molecular weight is 273 g/mol. The number of aromatic nitrogens is 3. The molecule has 3 heteroatoms. The molecular formula is C17H24N3+. The van der Waals surface area contributed by atoms with E-state index < -0.39 is 17.7 Å². The van der Waals surface area contributed by atoms with Crippen molar-refractivity contribution in [3.63, 3.8) is 0 Å². The van der Waals surface area contributed by atoms with Gasteiger partial charge in [-0.1, -0.05) is 32.0 Å². The van der Waals surface area contributed by atoms with Crippen molar-refractivity contribution in [1.82, 2.24) is 9.67 Å². The fraction of sp³-hybridized carbons (Fsp3) is 0.529. The van der Waals surface area contributed by atoms with Crippen molar-refractivity contribution >= 4 is 0 Å². The van der Waals surface area contributed by atoms with Gasteiger partial charge in [-0.2, -0.15) is 4.68 Å². The van der Waals surface area contributed by atoms with Crippen LogP contribution in [0.5, 0.6) is 0 Å². The average Bonchev–Trinajstić information content (AvgIpc) is 2.72. The van der Waals surface area contributed by atoms with Gasteiger partial charge in [0.15, 0.2) is 0 Å². The van der Waals surface area contributed by atoms with Crippen LogP contribution in [0.4, 0.5) is 0 Å². The van der Waals surface area contributed by atoms with Gasteiger partial charge in [-0.25, -0.2) is 0 Å². The second kappa shape index (κ2) is 3.72. The van der Waals surface area contributed by atoms with Gasteiger partial charge in [0.25, 0.3) is 5.82 Å². The molecule has 1 atom stereocenters. The van der Waals surface area contributed by atoms with Crippen LogP contribution in [0.1, 0.15) is 54.5 Å². The number of nitrogens with zero attached hydrogens (tertiary/aromatic N) is 3. The van der Waals surface area contributed by atoms with E-state index in [9.17, 15) is 0 Å². The Hall–Kier alpha value is -1.64. The van der Waals surface area contributed by atoms with Crippen molar-refractivity contribution in [2.75, 3.05) is 0 Å². The Bertz CT molecular complexity index is 802. The zero-order valence-electron chi connectivity index (χ0n) is 16.1. The van der Waals surface area contributed by atoms with E-state index in [-0.39, 0.29) is 0 Å². The molecule has 1 aliphatic rings. The summed E-state index contributed by atoms with van der Waals surface area (Å²) in [6.45, 7) is 7.67. The van der Waals surface area contributed by atoms with E-state index in [0.717, 1.165) is 22.6 Å². The van der Waals surface area contributed by atoms with Crippen LogP contribution >= 0.6 is 0 Å². The summed E-state index contributed by atoms with van der Waals surface area (Å²) in [5.41, 5.74) is 1.58. The molecule has 3 rings (SSSR count). The summed E-state index contributed by atoms with van der Waals surface area (Å²) in [7, 11) is 1.93. The van der Waals surface area contributed by atoms with Gasteiger partial charge in [-0.15, -0.1) is 4.68 Å². The first-order valence-corrected chi connectivity index (χ1v) is 7.01. The van der Waals surface area contributed by atoms with Gasteiger partial charge in [0.2, 0.25) is 0 Å². The van der Waals surface area contributed by atoms with Gasteiger partial charge in [0, 0.05) is 16.5 Å². The molecule has 0 aliphatic carbocycles. The zero-order chi connectivity index (χ0) is 17.4. The lowest BCUT2D eigenvalue weighted by Gasteiger charge is -2.44. The molecule has 0 saturated heterocycles. The Morgan fingerprint density at radius 2 is 1.90 bits per heavy atom. The minimum atomic E-state index is -2.17. The summed E-state index contributed by atoms with van der Waals surface area (Å²) < 4.78 is 28.7. The molecule has 1 aromatic heterocycles. The predicted molar refractivity (Wildman–Crippen MR) is 80.3 cm³/mol. The molecule has 0 saturated carbocycles. The van der Waals surface area contributed by atoms with Crippen molar-refractivity contribution in [1.29, 1.82) is 0 Å². The highest BCUT2D eigenvalue weighted by atomic mass is 15.5. The second-order valence-electron chi connectivity index (χ2n) is 6.54. The molecule has 2 aromatic rings. The van der Waals surface area contributed by atoms with Crippen LogP contribution in [-0.2, 0) is 17.9 Å². The molecule has 1 aromatic carbocycles. The lowest BCUT2D eigenvalue weighted by atomic mass is 9.61. The summed E-state index contributed by atoms with van der Waals surface area (Å²) in [6.07, 6.45) is 0. The third-order valence-electron chi connectivity index (χ3n) is 5.06. The lowest BCUT2D eigenvalue weighted by Crippen LogP contribution is -2.51. The van der Waals surface area contributed by atoms with E-state index in [1.165, 1.54) is 0 Å². The van der Waals surface area contributed by atoms with Crippen molar-refractivity contribution in [3.05, 3.63) is 41.0 Å². The SMILES string of the molecule is [2H]C([2H])([2H])C1(C)c2nc(C)[n+](C)n2-c2c(C)cccc2C1(C)C. The molecular weight excluding hydrogens is 246 g/mol. The fourth-order valence-corrected chi connectivity index (χ4v) is 3.13. The van der Waals surface area contributed by atoms with Gasteiger partial charge >= 0.3 is 5.82 Å². The summed E-state index contributed by atoms with van der Waals surface area (Å²) in [5, 5.41) is 0. The summed E-state index contributed by atoms with van der Waals surface area (Å²) in [4.78, 5) is 4.67. The smallest absolute Gasteiger partial charge is 0.152 e. The number of hydrogen-bond acceptors (Lipinski definition) is 1. The number of benzene rings is 1. The van der Waals surface area contributed by atoms with Gasteiger partial charge in [-0.3, -0.25) is 0 Å². The third kappa shape index (κ3) is 1.36. The molecule has 0 bridgehead atoms. The molecule has 1 unspecified atom stereocenters. The fourth-order valence-electron chi connectivity index (χ4n) is 3.13. The maximum absolute atomic E-state index is 8.26. The lowest BCUT2D eigenvalue weighted by molar-refractivity contribution is -0.751. The number of para-hydroxylation sites is 1. The maximum Gasteiger partial charge on any atom is 0.316 e. The third-order valence-corrected chi connectivity index (χ3v) is 5.06. The monoisotopic (exact) mass is 273 g/mol. The topological polar surface area (TPSA) is 21.7 Å². The first-order valence-electron chi connectivity index (χ1n) is 8.51. The summed E-state index contributed by atoms with van der Waals surface area (Å²) >= 11 is 0. The first kappa shape index (κ1) is 10.1. The van der Waals surface area contributed by atoms with E-state index >= 15 is 0 Å². The quantitative estimate of drug-likeness (QED) is 0.676. The van der Waals surface area contributed by atoms with E-state index in [2.05, 4.69) is 18.0 Å². The molecule has 2 heterocycles. The van der Waals surface area contributed by atoms with Crippen LogP contribution in [0.2, 0.25) is 0 Å². The first-order chi connectivity index (χ1) is 10.4. The maximum atomic E-state index is 8.26. The van der Waals surface area contributed by atoms with E-state index in [4.69, 9.17) is 4.11 Å². The Kier molecular flexibility index (Phi) is 1.88. The number of fused-ring (bicyclic) bond motifs is 3. The Labute approximate surface area is 125 Å². The number of rotatable bonds is 0. The summed E-state index contributed by atoms with van der Waals surface area (Å²) in [6, 6.07) is 6.11. The Balaban J connectivity index is 2.54. The molecule has 0 spiro atoms. The summed E-state index contributed by atoms with van der Waals surface area (Å²) in [5.74, 6) is 1.42. The standard InChI is InChI=1S/C17H24N3/c1-11-9-8-10-13-14(11)20-15(18-12(2)19(20)7)17(5,6)16(13,3)4/h8-10H,1-7H3/q+1/i5D3. The molecule has 20 heavy (non-hydrogen) atoms. The Morgan fingerprint density at radius 1 is 1.20 bits per heavy atom. The highest BCUT2D eigenvalue weighted by Gasteiger charge is 2.52. The normalized spacial score (nSPS) is 26.2. The zero-order valence-corrected chi connectivity index (χ0v) is 13.1. The van der Waals surface area contributed by atoms with Gasteiger partial charge < -0.3 is 0 Å². The molecule has 0 fully saturated rings. The van der Waals surface area contributed by atoms with Crippen molar-refractivity contribution in [3.8, 4) is 5.69 Å². The van der Waals surface area contributed by atoms with E-state index in [1.807, 2.05) is 56.2 Å². The predicted octanol–water partition coefficient (Wildman–Crippen LogP) is 2.88. The van der Waals surface area contributed by atoms with Crippen LogP contribution in [0.15, 0.2) is 18.2 Å². The minimum Gasteiger partial charge on any atom is -0.152 e. The molecule has 3 nitrogen and oxygen atoms in total. The highest BCUT2D eigenvalue weighted by Crippen LogP contribution is 2.49. The van der Waals surface area contributed by atoms with E-state index in [0.29, 0.717) is 5.82 Å². The van der Waals surface area contributed by atoms with Gasteiger partial charge in [-0.05, 0) is 36.8 Å².